The lowest BCUT2D eigenvalue weighted by atomic mass is 10.1. The van der Waals surface area contributed by atoms with Gasteiger partial charge in [0.15, 0.2) is 0 Å². The topological polar surface area (TPSA) is 65.2 Å². The lowest BCUT2D eigenvalue weighted by molar-refractivity contribution is 0.00697. The Hall–Kier alpha value is -1.91. The maximum Gasteiger partial charge on any atom is 0.338 e. The van der Waals surface area contributed by atoms with Crippen LogP contribution in [0.1, 0.15) is 31.1 Å². The van der Waals surface area contributed by atoms with Crippen molar-refractivity contribution in [3.8, 4) is 0 Å². The molecule has 0 fully saturated rings. The van der Waals surface area contributed by atoms with Gasteiger partial charge < -0.3 is 4.74 Å². The van der Waals surface area contributed by atoms with Crippen molar-refractivity contribution >= 4 is 17.0 Å². The Bertz CT molecular complexity index is 525. The summed E-state index contributed by atoms with van der Waals surface area (Å²) in [5.74, 6) is -0.377. The van der Waals surface area contributed by atoms with Crippen LogP contribution >= 0.6 is 0 Å². The maximum atomic E-state index is 11.7. The highest BCUT2D eigenvalue weighted by molar-refractivity contribution is 5.93. The summed E-state index contributed by atoms with van der Waals surface area (Å²) in [4.78, 5) is 11.7. The Labute approximate surface area is 92.3 Å². The minimum absolute atomic E-state index is 0.377. The summed E-state index contributed by atoms with van der Waals surface area (Å²) in [5.41, 5.74) is 1.10. The third-order valence-corrected chi connectivity index (χ3v) is 1.89. The van der Waals surface area contributed by atoms with E-state index >= 15 is 0 Å². The van der Waals surface area contributed by atoms with Crippen LogP contribution in [0.5, 0.6) is 0 Å². The van der Waals surface area contributed by atoms with E-state index in [1.54, 1.807) is 18.2 Å². The zero-order chi connectivity index (χ0) is 11.8. The largest absolute Gasteiger partial charge is 0.456 e. The van der Waals surface area contributed by atoms with Crippen molar-refractivity contribution in [2.24, 2.45) is 0 Å². The molecular weight excluding hydrogens is 208 g/mol. The summed E-state index contributed by atoms with van der Waals surface area (Å²) < 4.78 is 9.78. The zero-order valence-electron chi connectivity index (χ0n) is 9.35. The number of nitrogens with zero attached hydrogens (tertiary/aromatic N) is 2. The van der Waals surface area contributed by atoms with Crippen LogP contribution in [-0.4, -0.2) is 21.9 Å². The number of esters is 1. The van der Waals surface area contributed by atoms with Crippen molar-refractivity contribution in [3.63, 3.8) is 0 Å². The molecule has 0 amide bonds. The number of rotatable bonds is 1. The van der Waals surface area contributed by atoms with E-state index in [1.807, 2.05) is 20.8 Å². The molecule has 2 rings (SSSR count). The summed E-state index contributed by atoms with van der Waals surface area (Å²) in [6.07, 6.45) is 0. The molecule has 0 N–H and O–H groups in total. The highest BCUT2D eigenvalue weighted by Gasteiger charge is 2.18. The van der Waals surface area contributed by atoms with Crippen LogP contribution in [0.4, 0.5) is 0 Å². The van der Waals surface area contributed by atoms with Crippen LogP contribution in [0.2, 0.25) is 0 Å². The smallest absolute Gasteiger partial charge is 0.338 e. The average molecular weight is 220 g/mol. The first-order valence-electron chi connectivity index (χ1n) is 4.91. The van der Waals surface area contributed by atoms with Crippen molar-refractivity contribution in [1.82, 2.24) is 10.3 Å². The molecular formula is C11H12N2O3. The number of carbonyl (C=O) groups excluding carboxylic acids is 1. The fourth-order valence-corrected chi connectivity index (χ4v) is 1.25. The SMILES string of the molecule is CC(C)(C)OC(=O)c1ccc2nonc2c1. The van der Waals surface area contributed by atoms with Crippen LogP contribution in [0, 0.1) is 0 Å². The quantitative estimate of drug-likeness (QED) is 0.689. The second-order valence-corrected chi connectivity index (χ2v) is 4.47. The number of hydrogen-bond donors (Lipinski definition) is 0. The van der Waals surface area contributed by atoms with Gasteiger partial charge in [0.05, 0.1) is 5.56 Å². The number of carbonyl (C=O) groups is 1. The number of aromatic nitrogens is 2. The molecule has 0 aliphatic carbocycles. The molecule has 1 aromatic heterocycles. The van der Waals surface area contributed by atoms with Gasteiger partial charge in [-0.15, -0.1) is 0 Å². The van der Waals surface area contributed by atoms with Crippen LogP contribution in [-0.2, 0) is 4.74 Å². The van der Waals surface area contributed by atoms with Gasteiger partial charge in [-0.3, -0.25) is 0 Å². The highest BCUT2D eigenvalue weighted by Crippen LogP contribution is 2.15. The molecule has 0 radical (unpaired) electrons. The third kappa shape index (κ3) is 2.18. The monoisotopic (exact) mass is 220 g/mol. The van der Waals surface area contributed by atoms with E-state index in [1.165, 1.54) is 0 Å². The van der Waals surface area contributed by atoms with E-state index in [9.17, 15) is 4.79 Å². The number of benzene rings is 1. The van der Waals surface area contributed by atoms with Crippen LogP contribution in [0.3, 0.4) is 0 Å². The molecule has 0 unspecified atom stereocenters. The van der Waals surface area contributed by atoms with E-state index in [0.717, 1.165) is 0 Å². The molecule has 2 aromatic rings. The number of fused-ring (bicyclic) bond motifs is 1. The standard InChI is InChI=1S/C11H12N2O3/c1-11(2,3)15-10(14)7-4-5-8-9(6-7)13-16-12-8/h4-6H,1-3H3. The Balaban J connectivity index is 2.29. The Morgan fingerprint density at radius 2 is 1.94 bits per heavy atom. The van der Waals surface area contributed by atoms with Gasteiger partial charge in [-0.1, -0.05) is 0 Å². The van der Waals surface area contributed by atoms with Gasteiger partial charge >= 0.3 is 5.97 Å². The molecule has 5 heteroatoms. The first kappa shape index (κ1) is 10.6. The summed E-state index contributed by atoms with van der Waals surface area (Å²) >= 11 is 0. The molecule has 0 aliphatic rings. The van der Waals surface area contributed by atoms with Gasteiger partial charge in [0.2, 0.25) is 0 Å². The molecule has 1 aromatic carbocycles. The van der Waals surface area contributed by atoms with E-state index < -0.39 is 5.60 Å². The van der Waals surface area contributed by atoms with Crippen molar-refractivity contribution in [2.45, 2.75) is 26.4 Å². The summed E-state index contributed by atoms with van der Waals surface area (Å²) in [6, 6.07) is 4.91. The van der Waals surface area contributed by atoms with E-state index in [4.69, 9.17) is 4.74 Å². The van der Waals surface area contributed by atoms with Gasteiger partial charge in [0, 0.05) is 0 Å². The normalized spacial score (nSPS) is 11.7. The molecule has 0 saturated heterocycles. The molecule has 16 heavy (non-hydrogen) atoms. The van der Waals surface area contributed by atoms with E-state index in [2.05, 4.69) is 14.9 Å². The minimum Gasteiger partial charge on any atom is -0.456 e. The number of ether oxygens (including phenoxy) is 1. The lowest BCUT2D eigenvalue weighted by Gasteiger charge is -2.19. The summed E-state index contributed by atoms with van der Waals surface area (Å²) in [6.45, 7) is 5.46. The first-order valence-corrected chi connectivity index (χ1v) is 4.91. The molecule has 0 spiro atoms. The molecule has 1 heterocycles. The van der Waals surface area contributed by atoms with Gasteiger partial charge in [-0.2, -0.15) is 0 Å². The fraction of sp³-hybridized carbons (Fsp3) is 0.364. The second kappa shape index (κ2) is 3.59. The Morgan fingerprint density at radius 1 is 1.25 bits per heavy atom. The molecule has 0 bridgehead atoms. The first-order chi connectivity index (χ1) is 7.46. The van der Waals surface area contributed by atoms with Crippen LogP contribution < -0.4 is 0 Å². The van der Waals surface area contributed by atoms with Crippen molar-refractivity contribution < 1.29 is 14.2 Å². The molecule has 0 atom stereocenters. The summed E-state index contributed by atoms with van der Waals surface area (Å²) in [5, 5.41) is 7.32. The maximum absolute atomic E-state index is 11.7. The predicted octanol–water partition coefficient (Wildman–Crippen LogP) is 2.18. The average Bonchev–Trinajstić information content (AvgIpc) is 2.61. The van der Waals surface area contributed by atoms with Gasteiger partial charge in [-0.05, 0) is 49.3 Å². The molecule has 0 saturated carbocycles. The van der Waals surface area contributed by atoms with Gasteiger partial charge in [-0.25, -0.2) is 9.42 Å². The predicted molar refractivity (Wildman–Crippen MR) is 57.0 cm³/mol. The zero-order valence-corrected chi connectivity index (χ0v) is 9.35. The second-order valence-electron chi connectivity index (χ2n) is 4.47. The van der Waals surface area contributed by atoms with Crippen LogP contribution in [0.25, 0.3) is 11.0 Å². The minimum atomic E-state index is -0.506. The molecule has 0 aliphatic heterocycles. The molecule has 84 valence electrons. The summed E-state index contributed by atoms with van der Waals surface area (Å²) in [7, 11) is 0. The van der Waals surface area contributed by atoms with E-state index in [0.29, 0.717) is 16.6 Å². The Morgan fingerprint density at radius 3 is 2.62 bits per heavy atom. The fourth-order valence-electron chi connectivity index (χ4n) is 1.25. The lowest BCUT2D eigenvalue weighted by Crippen LogP contribution is -2.23. The third-order valence-electron chi connectivity index (χ3n) is 1.89. The van der Waals surface area contributed by atoms with Crippen molar-refractivity contribution in [1.29, 1.82) is 0 Å². The molecule has 5 nitrogen and oxygen atoms in total. The van der Waals surface area contributed by atoms with Crippen molar-refractivity contribution in [3.05, 3.63) is 23.8 Å². The Kier molecular flexibility index (Phi) is 2.38. The van der Waals surface area contributed by atoms with Crippen LogP contribution in [0.15, 0.2) is 22.8 Å². The van der Waals surface area contributed by atoms with E-state index in [-0.39, 0.29) is 5.97 Å². The van der Waals surface area contributed by atoms with Crippen molar-refractivity contribution in [2.75, 3.05) is 0 Å². The van der Waals surface area contributed by atoms with Gasteiger partial charge in [0.25, 0.3) is 0 Å². The highest BCUT2D eigenvalue weighted by atomic mass is 16.6. The van der Waals surface area contributed by atoms with Gasteiger partial charge in [0.1, 0.15) is 16.6 Å². The number of hydrogen-bond acceptors (Lipinski definition) is 5.